The summed E-state index contributed by atoms with van der Waals surface area (Å²) in [6.07, 6.45) is 0.551. The maximum atomic E-state index is 13.0. The molecule has 0 bridgehead atoms. The molecule has 0 radical (unpaired) electrons. The molecule has 8 heteroatoms. The Balaban J connectivity index is 1.60. The summed E-state index contributed by atoms with van der Waals surface area (Å²) in [5, 5.41) is 3.32. The van der Waals surface area contributed by atoms with Crippen LogP contribution in [0.25, 0.3) is 0 Å². The Morgan fingerprint density at radius 2 is 1.88 bits per heavy atom. The van der Waals surface area contributed by atoms with Gasteiger partial charge in [-0.25, -0.2) is 8.42 Å². The fourth-order valence-corrected chi connectivity index (χ4v) is 5.36. The van der Waals surface area contributed by atoms with Crippen molar-refractivity contribution in [2.24, 2.45) is 0 Å². The molecule has 32 heavy (non-hydrogen) atoms. The Morgan fingerprint density at radius 1 is 1.12 bits per heavy atom. The van der Waals surface area contributed by atoms with Crippen molar-refractivity contribution in [2.45, 2.75) is 26.3 Å². The SMILES string of the molecule is CCS(=O)(=O)N1c2ccc(C(=O)Nc3cc(Cl)ccc3Oc3ccccc3)cc2C[C@H]1C. The van der Waals surface area contributed by atoms with Crippen molar-refractivity contribution in [3.63, 3.8) is 0 Å². The first-order valence-electron chi connectivity index (χ1n) is 10.3. The monoisotopic (exact) mass is 470 g/mol. The van der Waals surface area contributed by atoms with Crippen LogP contribution in [0.3, 0.4) is 0 Å². The van der Waals surface area contributed by atoms with Gasteiger partial charge in [-0.05, 0) is 74.4 Å². The highest BCUT2D eigenvalue weighted by Gasteiger charge is 2.34. The molecule has 1 heterocycles. The molecule has 6 nitrogen and oxygen atoms in total. The van der Waals surface area contributed by atoms with Gasteiger partial charge in [-0.3, -0.25) is 9.10 Å². The quantitative estimate of drug-likeness (QED) is 0.517. The van der Waals surface area contributed by atoms with Crippen molar-refractivity contribution in [1.29, 1.82) is 0 Å². The van der Waals surface area contributed by atoms with Crippen LogP contribution in [0.4, 0.5) is 11.4 Å². The van der Waals surface area contributed by atoms with Gasteiger partial charge < -0.3 is 10.1 Å². The molecule has 1 aliphatic rings. The largest absolute Gasteiger partial charge is 0.455 e. The third-order valence-corrected chi connectivity index (χ3v) is 7.44. The number of hydrogen-bond donors (Lipinski definition) is 1. The maximum absolute atomic E-state index is 13.0. The Labute approximate surface area is 192 Å². The van der Waals surface area contributed by atoms with Gasteiger partial charge in [0.15, 0.2) is 5.75 Å². The molecular weight excluding hydrogens is 448 g/mol. The van der Waals surface area contributed by atoms with E-state index in [9.17, 15) is 13.2 Å². The van der Waals surface area contributed by atoms with E-state index >= 15 is 0 Å². The Hall–Kier alpha value is -3.03. The van der Waals surface area contributed by atoms with Gasteiger partial charge in [0.05, 0.1) is 17.1 Å². The standard InChI is InChI=1S/C24H23ClN2O4S/c1-3-32(29,30)27-16(2)13-18-14-17(9-11-22(18)27)24(28)26-21-15-19(25)10-12-23(21)31-20-7-5-4-6-8-20/h4-12,14-16H,3,13H2,1-2H3,(H,26,28)/t16-/m1/s1. The number of ether oxygens (including phenoxy) is 1. The summed E-state index contributed by atoms with van der Waals surface area (Å²) in [6, 6.07) is 19.1. The van der Waals surface area contributed by atoms with Crippen LogP contribution in [0.15, 0.2) is 66.7 Å². The summed E-state index contributed by atoms with van der Waals surface area (Å²) >= 11 is 6.15. The zero-order valence-electron chi connectivity index (χ0n) is 17.7. The highest BCUT2D eigenvalue weighted by molar-refractivity contribution is 7.92. The molecule has 0 spiro atoms. The number of para-hydroxylation sites is 1. The van der Waals surface area contributed by atoms with E-state index in [1.807, 2.05) is 37.3 Å². The highest BCUT2D eigenvalue weighted by atomic mass is 35.5. The molecule has 0 saturated carbocycles. The van der Waals surface area contributed by atoms with Gasteiger partial charge in [0.1, 0.15) is 5.75 Å². The number of sulfonamides is 1. The number of carbonyl (C=O) groups excluding carboxylic acids is 1. The molecular formula is C24H23ClN2O4S. The highest BCUT2D eigenvalue weighted by Crippen LogP contribution is 2.36. The molecule has 1 aliphatic heterocycles. The summed E-state index contributed by atoms with van der Waals surface area (Å²) < 4.78 is 32.3. The van der Waals surface area contributed by atoms with E-state index in [0.717, 1.165) is 5.56 Å². The van der Waals surface area contributed by atoms with Gasteiger partial charge in [-0.2, -0.15) is 0 Å². The third kappa shape index (κ3) is 4.45. The van der Waals surface area contributed by atoms with Gasteiger partial charge >= 0.3 is 0 Å². The van der Waals surface area contributed by atoms with Crippen LogP contribution in [0.2, 0.25) is 5.02 Å². The van der Waals surface area contributed by atoms with Gasteiger partial charge in [0.2, 0.25) is 10.0 Å². The Bertz CT molecular complexity index is 1260. The average molecular weight is 471 g/mol. The first-order valence-corrected chi connectivity index (χ1v) is 12.3. The van der Waals surface area contributed by atoms with Crippen LogP contribution >= 0.6 is 11.6 Å². The molecule has 0 aromatic heterocycles. The van der Waals surface area contributed by atoms with Crippen LogP contribution in [0.1, 0.15) is 29.8 Å². The lowest BCUT2D eigenvalue weighted by Crippen LogP contribution is -2.36. The van der Waals surface area contributed by atoms with Crippen molar-refractivity contribution < 1.29 is 17.9 Å². The summed E-state index contributed by atoms with van der Waals surface area (Å²) in [6.45, 7) is 3.49. The Morgan fingerprint density at radius 3 is 2.59 bits per heavy atom. The van der Waals surface area contributed by atoms with E-state index in [0.29, 0.717) is 39.9 Å². The number of hydrogen-bond acceptors (Lipinski definition) is 4. The first-order chi connectivity index (χ1) is 15.3. The summed E-state index contributed by atoms with van der Waals surface area (Å²) in [4.78, 5) is 13.0. The first kappa shape index (κ1) is 22.2. The van der Waals surface area contributed by atoms with Crippen molar-refractivity contribution in [2.75, 3.05) is 15.4 Å². The summed E-state index contributed by atoms with van der Waals surface area (Å²) in [5.74, 6) is 0.785. The zero-order chi connectivity index (χ0) is 22.9. The number of rotatable bonds is 6. The molecule has 1 atom stereocenters. The van der Waals surface area contributed by atoms with E-state index in [1.165, 1.54) is 4.31 Å². The lowest BCUT2D eigenvalue weighted by atomic mass is 10.1. The Kier molecular flexibility index (Phi) is 6.13. The number of halogens is 1. The van der Waals surface area contributed by atoms with Crippen LogP contribution in [-0.4, -0.2) is 26.1 Å². The van der Waals surface area contributed by atoms with Crippen molar-refractivity contribution >= 4 is 38.9 Å². The molecule has 3 aromatic carbocycles. The minimum absolute atomic E-state index is 0.0258. The average Bonchev–Trinajstić information content (AvgIpc) is 3.12. The number of carbonyl (C=O) groups is 1. The smallest absolute Gasteiger partial charge is 0.255 e. The molecule has 4 rings (SSSR count). The molecule has 0 saturated heterocycles. The fourth-order valence-electron chi connectivity index (χ4n) is 3.81. The third-order valence-electron chi connectivity index (χ3n) is 5.32. The maximum Gasteiger partial charge on any atom is 0.255 e. The number of benzene rings is 3. The fraction of sp³-hybridized carbons (Fsp3) is 0.208. The molecule has 166 valence electrons. The number of fused-ring (bicyclic) bond motifs is 1. The van der Waals surface area contributed by atoms with Gasteiger partial charge in [0, 0.05) is 16.6 Å². The number of nitrogens with one attached hydrogen (secondary N) is 1. The summed E-state index contributed by atoms with van der Waals surface area (Å²) in [5.41, 5.74) is 2.33. The second-order valence-electron chi connectivity index (χ2n) is 7.60. The van der Waals surface area contributed by atoms with E-state index in [-0.39, 0.29) is 17.7 Å². The molecule has 0 fully saturated rings. The number of anilines is 2. The predicted octanol–water partition coefficient (Wildman–Crippen LogP) is 5.49. The van der Waals surface area contributed by atoms with Gasteiger partial charge in [0.25, 0.3) is 5.91 Å². The molecule has 1 N–H and O–H groups in total. The van der Waals surface area contributed by atoms with Crippen LogP contribution in [0, 0.1) is 0 Å². The normalized spacial score (nSPS) is 15.3. The van der Waals surface area contributed by atoms with Crippen LogP contribution in [-0.2, 0) is 16.4 Å². The molecule has 3 aromatic rings. The molecule has 0 aliphatic carbocycles. The van der Waals surface area contributed by atoms with Crippen molar-refractivity contribution in [3.05, 3.63) is 82.9 Å². The van der Waals surface area contributed by atoms with E-state index < -0.39 is 10.0 Å². The van der Waals surface area contributed by atoms with Gasteiger partial charge in [-0.1, -0.05) is 29.8 Å². The topological polar surface area (TPSA) is 75.7 Å². The minimum Gasteiger partial charge on any atom is -0.455 e. The lowest BCUT2D eigenvalue weighted by molar-refractivity contribution is 0.102. The van der Waals surface area contributed by atoms with Gasteiger partial charge in [-0.15, -0.1) is 0 Å². The van der Waals surface area contributed by atoms with E-state index in [1.54, 1.807) is 43.3 Å². The number of nitrogens with zero attached hydrogens (tertiary/aromatic N) is 1. The minimum atomic E-state index is -3.38. The van der Waals surface area contributed by atoms with E-state index in [4.69, 9.17) is 16.3 Å². The zero-order valence-corrected chi connectivity index (χ0v) is 19.3. The van der Waals surface area contributed by atoms with E-state index in [2.05, 4.69) is 5.32 Å². The van der Waals surface area contributed by atoms with Crippen molar-refractivity contribution in [1.82, 2.24) is 0 Å². The molecule has 0 unspecified atom stereocenters. The summed E-state index contributed by atoms with van der Waals surface area (Å²) in [7, 11) is -3.38. The van der Waals surface area contributed by atoms with Crippen LogP contribution in [0.5, 0.6) is 11.5 Å². The molecule has 1 amide bonds. The van der Waals surface area contributed by atoms with Crippen LogP contribution < -0.4 is 14.4 Å². The van der Waals surface area contributed by atoms with Crippen molar-refractivity contribution in [3.8, 4) is 11.5 Å². The second kappa shape index (κ2) is 8.84. The number of amides is 1. The predicted molar refractivity (Wildman–Crippen MR) is 127 cm³/mol. The second-order valence-corrected chi connectivity index (χ2v) is 10.2. The lowest BCUT2D eigenvalue weighted by Gasteiger charge is -2.23.